The van der Waals surface area contributed by atoms with E-state index in [1.807, 2.05) is 23.9 Å². The van der Waals surface area contributed by atoms with Crippen molar-refractivity contribution in [3.8, 4) is 0 Å². The second kappa shape index (κ2) is 8.32. The molecule has 2 rings (SSSR count). The monoisotopic (exact) mass is 306 g/mol. The van der Waals surface area contributed by atoms with Crippen molar-refractivity contribution >= 4 is 23.4 Å². The lowest BCUT2D eigenvalue weighted by Crippen LogP contribution is -2.31. The summed E-state index contributed by atoms with van der Waals surface area (Å²) in [6, 6.07) is 6.23. The number of benzene rings is 1. The zero-order valence-electron chi connectivity index (χ0n) is 12.9. The molecule has 1 amide bonds. The van der Waals surface area contributed by atoms with Crippen molar-refractivity contribution in [2.45, 2.75) is 51.5 Å². The van der Waals surface area contributed by atoms with Gasteiger partial charge in [-0.3, -0.25) is 4.79 Å². The van der Waals surface area contributed by atoms with E-state index in [1.165, 1.54) is 24.0 Å². The van der Waals surface area contributed by atoms with Crippen LogP contribution in [0.3, 0.4) is 0 Å². The molecule has 0 aromatic heterocycles. The van der Waals surface area contributed by atoms with E-state index in [-0.39, 0.29) is 11.9 Å². The van der Waals surface area contributed by atoms with Crippen molar-refractivity contribution in [1.82, 2.24) is 5.32 Å². The Bertz CT molecular complexity index is 476. The van der Waals surface area contributed by atoms with E-state index in [1.54, 1.807) is 0 Å². The molecule has 0 radical (unpaired) electrons. The Hall–Kier alpha value is -1.16. The summed E-state index contributed by atoms with van der Waals surface area (Å²) in [6.45, 7) is 2.19. The standard InChI is InChI=1S/C17H26N2OS/c1-2-3-10-21-11-9-17(20)19-16-6-4-5-13-12-14(18)7-8-15(13)16/h7-8,12,16H,2-6,9-11,18H2,1H3,(H,19,20). The van der Waals surface area contributed by atoms with Gasteiger partial charge < -0.3 is 11.1 Å². The molecule has 0 spiro atoms. The molecule has 0 saturated heterocycles. The third kappa shape index (κ3) is 4.95. The lowest BCUT2D eigenvalue weighted by Gasteiger charge is -2.26. The molecule has 4 heteroatoms. The predicted molar refractivity (Wildman–Crippen MR) is 91.5 cm³/mol. The fourth-order valence-electron chi connectivity index (χ4n) is 2.76. The number of fused-ring (bicyclic) bond motifs is 1. The summed E-state index contributed by atoms with van der Waals surface area (Å²) in [6.07, 6.45) is 6.30. The zero-order chi connectivity index (χ0) is 15.1. The number of hydrogen-bond donors (Lipinski definition) is 2. The van der Waals surface area contributed by atoms with Gasteiger partial charge in [0.05, 0.1) is 6.04 Å². The van der Waals surface area contributed by atoms with Crippen LogP contribution in [0, 0.1) is 0 Å². The van der Waals surface area contributed by atoms with Crippen LogP contribution in [0.4, 0.5) is 5.69 Å². The Morgan fingerprint density at radius 3 is 3.10 bits per heavy atom. The molecule has 0 saturated carbocycles. The van der Waals surface area contributed by atoms with Crippen LogP contribution in [0.2, 0.25) is 0 Å². The number of nitrogen functional groups attached to an aromatic ring is 1. The van der Waals surface area contributed by atoms with Gasteiger partial charge in [0.15, 0.2) is 0 Å². The van der Waals surface area contributed by atoms with E-state index in [0.717, 1.165) is 36.5 Å². The second-order valence-corrected chi connectivity index (χ2v) is 6.91. The van der Waals surface area contributed by atoms with E-state index >= 15 is 0 Å². The number of unbranched alkanes of at least 4 members (excludes halogenated alkanes) is 1. The molecule has 1 atom stereocenters. The normalized spacial score (nSPS) is 17.3. The molecule has 0 bridgehead atoms. The maximum absolute atomic E-state index is 12.1. The Kier molecular flexibility index (Phi) is 6.43. The quantitative estimate of drug-likeness (QED) is 0.597. The van der Waals surface area contributed by atoms with Crippen LogP contribution in [0.5, 0.6) is 0 Å². The summed E-state index contributed by atoms with van der Waals surface area (Å²) in [4.78, 5) is 12.1. The van der Waals surface area contributed by atoms with Gasteiger partial charge in [-0.2, -0.15) is 11.8 Å². The highest BCUT2D eigenvalue weighted by Crippen LogP contribution is 2.31. The smallest absolute Gasteiger partial charge is 0.221 e. The largest absolute Gasteiger partial charge is 0.399 e. The third-order valence-electron chi connectivity index (χ3n) is 3.93. The first-order valence-corrected chi connectivity index (χ1v) is 9.11. The molecule has 1 aromatic rings. The third-order valence-corrected chi connectivity index (χ3v) is 5.00. The van der Waals surface area contributed by atoms with E-state index in [2.05, 4.69) is 18.3 Å². The average Bonchev–Trinajstić information content (AvgIpc) is 2.47. The number of anilines is 1. The van der Waals surface area contributed by atoms with Gasteiger partial charge in [0.2, 0.25) is 5.91 Å². The molecule has 21 heavy (non-hydrogen) atoms. The number of thioether (sulfide) groups is 1. The molecule has 3 N–H and O–H groups in total. The summed E-state index contributed by atoms with van der Waals surface area (Å²) >= 11 is 1.88. The number of carbonyl (C=O) groups excluding carboxylic acids is 1. The molecule has 116 valence electrons. The molecule has 1 aromatic carbocycles. The first-order chi connectivity index (χ1) is 10.2. The van der Waals surface area contributed by atoms with E-state index < -0.39 is 0 Å². The minimum Gasteiger partial charge on any atom is -0.399 e. The van der Waals surface area contributed by atoms with E-state index in [0.29, 0.717) is 6.42 Å². The number of carbonyl (C=O) groups is 1. The van der Waals surface area contributed by atoms with Gasteiger partial charge >= 0.3 is 0 Å². The highest BCUT2D eigenvalue weighted by atomic mass is 32.2. The van der Waals surface area contributed by atoms with Crippen molar-refractivity contribution in [2.75, 3.05) is 17.2 Å². The van der Waals surface area contributed by atoms with Crippen LogP contribution in [-0.2, 0) is 11.2 Å². The van der Waals surface area contributed by atoms with Crippen LogP contribution in [0.1, 0.15) is 56.2 Å². The van der Waals surface area contributed by atoms with Crippen molar-refractivity contribution in [2.24, 2.45) is 0 Å². The maximum atomic E-state index is 12.1. The number of amides is 1. The van der Waals surface area contributed by atoms with Gasteiger partial charge in [-0.1, -0.05) is 19.4 Å². The number of nitrogens with one attached hydrogen (secondary N) is 1. The summed E-state index contributed by atoms with van der Waals surface area (Å²) in [5.74, 6) is 2.26. The lowest BCUT2D eigenvalue weighted by molar-refractivity contribution is -0.121. The Balaban J connectivity index is 1.82. The van der Waals surface area contributed by atoms with Crippen molar-refractivity contribution in [3.63, 3.8) is 0 Å². The van der Waals surface area contributed by atoms with Gasteiger partial charge in [-0.15, -0.1) is 0 Å². The molecule has 3 nitrogen and oxygen atoms in total. The van der Waals surface area contributed by atoms with Gasteiger partial charge in [0, 0.05) is 17.9 Å². The minimum atomic E-state index is 0.169. The molecule has 1 aliphatic carbocycles. The zero-order valence-corrected chi connectivity index (χ0v) is 13.7. The Labute approximate surface area is 132 Å². The van der Waals surface area contributed by atoms with Crippen LogP contribution in [0.15, 0.2) is 18.2 Å². The molecule has 1 unspecified atom stereocenters. The van der Waals surface area contributed by atoms with Crippen molar-refractivity contribution in [3.05, 3.63) is 29.3 Å². The van der Waals surface area contributed by atoms with Crippen molar-refractivity contribution < 1.29 is 4.79 Å². The molecule has 1 aliphatic rings. The topological polar surface area (TPSA) is 55.1 Å². The highest BCUT2D eigenvalue weighted by Gasteiger charge is 2.21. The predicted octanol–water partition coefficient (Wildman–Crippen LogP) is 3.69. The number of rotatable bonds is 7. The van der Waals surface area contributed by atoms with Gasteiger partial charge in [0.1, 0.15) is 0 Å². The maximum Gasteiger partial charge on any atom is 0.221 e. The molecular weight excluding hydrogens is 280 g/mol. The first-order valence-electron chi connectivity index (χ1n) is 7.96. The highest BCUT2D eigenvalue weighted by molar-refractivity contribution is 7.99. The Morgan fingerprint density at radius 1 is 1.43 bits per heavy atom. The average molecular weight is 306 g/mol. The molecule has 0 fully saturated rings. The van der Waals surface area contributed by atoms with Gasteiger partial charge in [-0.25, -0.2) is 0 Å². The number of aryl methyl sites for hydroxylation is 1. The minimum absolute atomic E-state index is 0.169. The summed E-state index contributed by atoms with van der Waals surface area (Å²) in [5.41, 5.74) is 9.20. The van der Waals surface area contributed by atoms with Crippen LogP contribution in [-0.4, -0.2) is 17.4 Å². The van der Waals surface area contributed by atoms with Crippen LogP contribution < -0.4 is 11.1 Å². The number of nitrogens with two attached hydrogens (primary N) is 1. The van der Waals surface area contributed by atoms with Gasteiger partial charge in [0.25, 0.3) is 0 Å². The summed E-state index contributed by atoms with van der Waals surface area (Å²) in [5, 5.41) is 3.19. The van der Waals surface area contributed by atoms with E-state index in [4.69, 9.17) is 5.73 Å². The van der Waals surface area contributed by atoms with Crippen LogP contribution >= 0.6 is 11.8 Å². The fraction of sp³-hybridized carbons (Fsp3) is 0.588. The molecular formula is C17H26N2OS. The van der Waals surface area contributed by atoms with E-state index in [9.17, 15) is 4.79 Å². The van der Waals surface area contributed by atoms with Gasteiger partial charge in [-0.05, 0) is 54.7 Å². The second-order valence-electron chi connectivity index (χ2n) is 5.69. The Morgan fingerprint density at radius 2 is 2.29 bits per heavy atom. The number of hydrogen-bond acceptors (Lipinski definition) is 3. The summed E-state index contributed by atoms with van der Waals surface area (Å²) < 4.78 is 0. The molecule has 0 aliphatic heterocycles. The first kappa shape index (κ1) is 16.2. The van der Waals surface area contributed by atoms with Crippen LogP contribution in [0.25, 0.3) is 0 Å². The SMILES string of the molecule is CCCCSCCC(=O)NC1CCCc2cc(N)ccc21. The lowest BCUT2D eigenvalue weighted by atomic mass is 9.87. The fourth-order valence-corrected chi connectivity index (χ4v) is 3.79. The summed E-state index contributed by atoms with van der Waals surface area (Å²) in [7, 11) is 0. The van der Waals surface area contributed by atoms with Crippen molar-refractivity contribution in [1.29, 1.82) is 0 Å². The molecule has 0 heterocycles.